The summed E-state index contributed by atoms with van der Waals surface area (Å²) in [6.45, 7) is 3.60. The van der Waals surface area contributed by atoms with Crippen molar-refractivity contribution in [2.24, 2.45) is 5.73 Å². The molecule has 16 heavy (non-hydrogen) atoms. The van der Waals surface area contributed by atoms with Gasteiger partial charge in [-0.1, -0.05) is 0 Å². The van der Waals surface area contributed by atoms with E-state index in [-0.39, 0.29) is 6.10 Å². The number of nitrogens with two attached hydrogens (primary N) is 1. The Bertz CT molecular complexity index is 377. The summed E-state index contributed by atoms with van der Waals surface area (Å²) in [5, 5.41) is 0. The number of alkyl halides is 2. The molecule has 0 aromatic carbocycles. The highest BCUT2D eigenvalue weighted by Gasteiger charge is 2.40. The second-order valence-electron chi connectivity index (χ2n) is 3.48. The highest BCUT2D eigenvalue weighted by Crippen LogP contribution is 2.26. The predicted octanol–water partition coefficient (Wildman–Crippen LogP) is 1.45. The number of ether oxygens (including phenoxy) is 1. The van der Waals surface area contributed by atoms with Crippen molar-refractivity contribution in [3.05, 3.63) is 24.0 Å². The second-order valence-corrected chi connectivity index (χ2v) is 3.48. The number of primary amides is 1. The standard InChI is InChI=1S/C10H12F2N2O2/c1-6(2)16-7-3-4-8(14-5-7)10(11,12)9(13)15/h3-6H,1-2H3,(H2,13,15). The number of rotatable bonds is 4. The summed E-state index contributed by atoms with van der Waals surface area (Å²) in [6.07, 6.45) is 1.05. The number of hydrogen-bond acceptors (Lipinski definition) is 3. The minimum atomic E-state index is -3.75. The van der Waals surface area contributed by atoms with Crippen LogP contribution in [0.1, 0.15) is 19.5 Å². The summed E-state index contributed by atoms with van der Waals surface area (Å²) in [6, 6.07) is 2.33. The predicted molar refractivity (Wildman–Crippen MR) is 53.1 cm³/mol. The average Bonchev–Trinajstić information content (AvgIpc) is 2.17. The lowest BCUT2D eigenvalue weighted by molar-refractivity contribution is -0.143. The highest BCUT2D eigenvalue weighted by molar-refractivity contribution is 5.82. The molecule has 1 heterocycles. The number of amides is 1. The molecule has 0 spiro atoms. The summed E-state index contributed by atoms with van der Waals surface area (Å²) in [4.78, 5) is 13.9. The number of nitrogens with zero attached hydrogens (tertiary/aromatic N) is 1. The maximum Gasteiger partial charge on any atom is 0.365 e. The molecule has 2 N–H and O–H groups in total. The van der Waals surface area contributed by atoms with Gasteiger partial charge in [0.1, 0.15) is 11.4 Å². The lowest BCUT2D eigenvalue weighted by atomic mass is 10.2. The maximum atomic E-state index is 13.1. The number of hydrogen-bond donors (Lipinski definition) is 1. The lowest BCUT2D eigenvalue weighted by Gasteiger charge is -2.13. The highest BCUT2D eigenvalue weighted by atomic mass is 19.3. The fourth-order valence-electron chi connectivity index (χ4n) is 1.03. The largest absolute Gasteiger partial charge is 0.489 e. The molecular formula is C10H12F2N2O2. The first-order valence-corrected chi connectivity index (χ1v) is 4.65. The van der Waals surface area contributed by atoms with Crippen LogP contribution in [-0.2, 0) is 10.7 Å². The monoisotopic (exact) mass is 230 g/mol. The summed E-state index contributed by atoms with van der Waals surface area (Å²) < 4.78 is 31.4. The van der Waals surface area contributed by atoms with Gasteiger partial charge in [0.15, 0.2) is 0 Å². The number of aromatic nitrogens is 1. The van der Waals surface area contributed by atoms with Crippen molar-refractivity contribution in [2.75, 3.05) is 0 Å². The van der Waals surface area contributed by atoms with Crippen LogP contribution in [0, 0.1) is 0 Å². The van der Waals surface area contributed by atoms with Gasteiger partial charge in [0.25, 0.3) is 5.91 Å². The molecule has 1 rings (SSSR count). The van der Waals surface area contributed by atoms with E-state index in [0.717, 1.165) is 12.3 Å². The van der Waals surface area contributed by atoms with Crippen molar-refractivity contribution in [2.45, 2.75) is 25.9 Å². The van der Waals surface area contributed by atoms with Gasteiger partial charge in [0, 0.05) is 0 Å². The Kier molecular flexibility index (Phi) is 3.41. The Hall–Kier alpha value is -1.72. The maximum absolute atomic E-state index is 13.1. The van der Waals surface area contributed by atoms with Gasteiger partial charge < -0.3 is 10.5 Å². The number of carbonyl (C=O) groups excluding carboxylic acids is 1. The van der Waals surface area contributed by atoms with E-state index >= 15 is 0 Å². The molecule has 0 atom stereocenters. The Morgan fingerprint density at radius 1 is 1.50 bits per heavy atom. The zero-order valence-corrected chi connectivity index (χ0v) is 8.91. The Balaban J connectivity index is 2.91. The summed E-state index contributed by atoms with van der Waals surface area (Å²) in [5.74, 6) is -5.12. The van der Waals surface area contributed by atoms with Crippen molar-refractivity contribution in [1.82, 2.24) is 4.98 Å². The molecule has 0 aliphatic rings. The van der Waals surface area contributed by atoms with E-state index in [2.05, 4.69) is 10.7 Å². The number of halogens is 2. The van der Waals surface area contributed by atoms with Gasteiger partial charge in [-0.05, 0) is 26.0 Å². The van der Waals surface area contributed by atoms with Crippen LogP contribution in [-0.4, -0.2) is 17.0 Å². The molecule has 0 fully saturated rings. The zero-order valence-electron chi connectivity index (χ0n) is 8.91. The van der Waals surface area contributed by atoms with Crippen LogP contribution in [0.5, 0.6) is 5.75 Å². The molecule has 6 heteroatoms. The van der Waals surface area contributed by atoms with Crippen molar-refractivity contribution in [1.29, 1.82) is 0 Å². The third-order valence-corrected chi connectivity index (χ3v) is 1.74. The molecule has 4 nitrogen and oxygen atoms in total. The van der Waals surface area contributed by atoms with Crippen LogP contribution in [0.25, 0.3) is 0 Å². The third-order valence-electron chi connectivity index (χ3n) is 1.74. The first-order chi connectivity index (χ1) is 7.34. The van der Waals surface area contributed by atoms with E-state index in [9.17, 15) is 13.6 Å². The topological polar surface area (TPSA) is 65.2 Å². The minimum absolute atomic E-state index is 0.0794. The van der Waals surface area contributed by atoms with E-state index < -0.39 is 17.5 Å². The summed E-state index contributed by atoms with van der Waals surface area (Å²) >= 11 is 0. The first kappa shape index (κ1) is 12.4. The van der Waals surface area contributed by atoms with Gasteiger partial charge in [0.2, 0.25) is 0 Å². The second kappa shape index (κ2) is 4.42. The summed E-state index contributed by atoms with van der Waals surface area (Å²) in [7, 11) is 0. The Labute approximate surface area is 91.4 Å². The molecule has 0 unspecified atom stereocenters. The van der Waals surface area contributed by atoms with Crippen molar-refractivity contribution in [3.63, 3.8) is 0 Å². The number of pyridine rings is 1. The van der Waals surface area contributed by atoms with Crippen LogP contribution in [0.4, 0.5) is 8.78 Å². The van der Waals surface area contributed by atoms with Crippen LogP contribution in [0.2, 0.25) is 0 Å². The molecule has 0 saturated heterocycles. The van der Waals surface area contributed by atoms with E-state index in [1.165, 1.54) is 6.07 Å². The molecule has 1 aromatic heterocycles. The van der Waals surface area contributed by atoms with E-state index in [4.69, 9.17) is 4.74 Å². The summed E-state index contributed by atoms with van der Waals surface area (Å²) in [5.41, 5.74) is 3.88. The molecule has 1 amide bonds. The van der Waals surface area contributed by atoms with Gasteiger partial charge in [-0.2, -0.15) is 8.78 Å². The molecule has 0 radical (unpaired) electrons. The van der Waals surface area contributed by atoms with Crippen LogP contribution in [0.15, 0.2) is 18.3 Å². The van der Waals surface area contributed by atoms with Gasteiger partial charge in [-0.3, -0.25) is 9.78 Å². The smallest absolute Gasteiger partial charge is 0.365 e. The van der Waals surface area contributed by atoms with E-state index in [1.807, 2.05) is 0 Å². The molecular weight excluding hydrogens is 218 g/mol. The molecule has 0 saturated carbocycles. The van der Waals surface area contributed by atoms with Gasteiger partial charge in [0.05, 0.1) is 12.3 Å². The van der Waals surface area contributed by atoms with Crippen LogP contribution >= 0.6 is 0 Å². The fourth-order valence-corrected chi connectivity index (χ4v) is 1.03. The molecule has 0 aliphatic heterocycles. The minimum Gasteiger partial charge on any atom is -0.489 e. The first-order valence-electron chi connectivity index (χ1n) is 4.65. The van der Waals surface area contributed by atoms with Crippen molar-refractivity contribution < 1.29 is 18.3 Å². The molecule has 0 aliphatic carbocycles. The number of carbonyl (C=O) groups is 1. The fraction of sp³-hybridized carbons (Fsp3) is 0.400. The Morgan fingerprint density at radius 2 is 2.12 bits per heavy atom. The normalized spacial score (nSPS) is 11.6. The van der Waals surface area contributed by atoms with Crippen molar-refractivity contribution >= 4 is 5.91 Å². The van der Waals surface area contributed by atoms with E-state index in [1.54, 1.807) is 13.8 Å². The SMILES string of the molecule is CC(C)Oc1ccc(C(F)(F)C(N)=O)nc1. The zero-order chi connectivity index (χ0) is 12.3. The molecule has 88 valence electrons. The van der Waals surface area contributed by atoms with Gasteiger partial charge in [-0.25, -0.2) is 0 Å². The lowest BCUT2D eigenvalue weighted by Crippen LogP contribution is -2.33. The van der Waals surface area contributed by atoms with Crippen molar-refractivity contribution in [3.8, 4) is 5.75 Å². The molecule has 1 aromatic rings. The van der Waals surface area contributed by atoms with E-state index in [0.29, 0.717) is 5.75 Å². The quantitative estimate of drug-likeness (QED) is 0.851. The van der Waals surface area contributed by atoms with Gasteiger partial charge >= 0.3 is 5.92 Å². The van der Waals surface area contributed by atoms with Crippen LogP contribution < -0.4 is 10.5 Å². The van der Waals surface area contributed by atoms with Gasteiger partial charge in [-0.15, -0.1) is 0 Å². The third kappa shape index (κ3) is 2.65. The molecule has 0 bridgehead atoms. The Morgan fingerprint density at radius 3 is 2.50 bits per heavy atom. The average molecular weight is 230 g/mol. The van der Waals surface area contributed by atoms with Crippen LogP contribution in [0.3, 0.4) is 0 Å².